The van der Waals surface area contributed by atoms with Crippen molar-refractivity contribution in [2.45, 2.75) is 11.8 Å². The molecule has 3 rings (SSSR count). The van der Waals surface area contributed by atoms with Crippen molar-refractivity contribution in [2.75, 3.05) is 31.2 Å². The number of esters is 1. The van der Waals surface area contributed by atoms with Gasteiger partial charge in [0, 0.05) is 15.9 Å². The van der Waals surface area contributed by atoms with Crippen LogP contribution in [-0.4, -0.2) is 59.4 Å². The average molecular weight is 405 g/mol. The summed E-state index contributed by atoms with van der Waals surface area (Å²) >= 11 is 5.00. The molecular weight excluding hydrogens is 388 g/mol. The Kier molecular flexibility index (Phi) is 5.31. The van der Waals surface area contributed by atoms with Gasteiger partial charge in [-0.15, -0.1) is 0 Å². The quantitative estimate of drug-likeness (QED) is 0.617. The second kappa shape index (κ2) is 7.16. The van der Waals surface area contributed by atoms with Gasteiger partial charge in [-0.05, 0) is 25.1 Å². The van der Waals surface area contributed by atoms with Gasteiger partial charge in [0.15, 0.2) is 0 Å². The number of carbonyl (C=O) groups excluding carboxylic acids is 1. The zero-order valence-electron chi connectivity index (χ0n) is 13.5. The van der Waals surface area contributed by atoms with E-state index in [1.807, 2.05) is 0 Å². The standard InChI is InChI=1S/C15H17ClN2O5S2/c1-2-23-15(19)13-14(11-9-10(16)3-4-12(11)17-13)25(21,22)18-5-7-24(20)8-6-18/h3-4,9,17H,2,5-8H2,1H3. The number of aromatic nitrogens is 1. The number of sulfonamides is 1. The van der Waals surface area contributed by atoms with E-state index in [4.69, 9.17) is 16.3 Å². The number of hydrogen-bond donors (Lipinski definition) is 1. The Balaban J connectivity index is 2.16. The minimum absolute atomic E-state index is 0.120. The Morgan fingerprint density at radius 2 is 2.08 bits per heavy atom. The van der Waals surface area contributed by atoms with Gasteiger partial charge in [0.1, 0.15) is 22.1 Å². The Morgan fingerprint density at radius 3 is 2.72 bits per heavy atom. The summed E-state index contributed by atoms with van der Waals surface area (Å²) in [5.41, 5.74) is 0.359. The molecule has 0 spiro atoms. The highest BCUT2D eigenvalue weighted by atomic mass is 35.5. The molecule has 0 unspecified atom stereocenters. The summed E-state index contributed by atoms with van der Waals surface area (Å²) in [6, 6.07) is 4.73. The number of halogens is 1. The molecule has 1 aromatic carbocycles. The zero-order valence-corrected chi connectivity index (χ0v) is 15.8. The fourth-order valence-corrected chi connectivity index (χ4v) is 5.96. The van der Waals surface area contributed by atoms with Crippen molar-refractivity contribution in [3.05, 3.63) is 28.9 Å². The molecule has 0 amide bonds. The first kappa shape index (κ1) is 18.5. The van der Waals surface area contributed by atoms with E-state index in [9.17, 15) is 17.8 Å². The number of aromatic amines is 1. The summed E-state index contributed by atoms with van der Waals surface area (Å²) in [6.45, 7) is 2.05. The molecule has 1 aromatic heterocycles. The normalized spacial score (nSPS) is 17.1. The van der Waals surface area contributed by atoms with Crippen LogP contribution in [0.1, 0.15) is 17.4 Å². The van der Waals surface area contributed by atoms with Crippen LogP contribution in [-0.2, 0) is 25.9 Å². The van der Waals surface area contributed by atoms with Gasteiger partial charge in [-0.1, -0.05) is 22.8 Å². The van der Waals surface area contributed by atoms with Crippen LogP contribution in [0.5, 0.6) is 0 Å². The largest absolute Gasteiger partial charge is 0.616 e. The fourth-order valence-electron chi connectivity index (χ4n) is 2.74. The van der Waals surface area contributed by atoms with Crippen molar-refractivity contribution >= 4 is 49.7 Å². The number of hydrogen-bond acceptors (Lipinski definition) is 5. The molecule has 0 bridgehead atoms. The number of nitrogens with one attached hydrogen (secondary N) is 1. The second-order valence-electron chi connectivity index (χ2n) is 5.49. The predicted octanol–water partition coefficient (Wildman–Crippen LogP) is 1.75. The van der Waals surface area contributed by atoms with Crippen LogP contribution >= 0.6 is 11.6 Å². The lowest BCUT2D eigenvalue weighted by Crippen LogP contribution is -2.43. The first-order chi connectivity index (χ1) is 11.8. The maximum Gasteiger partial charge on any atom is 0.356 e. The maximum absolute atomic E-state index is 13.2. The summed E-state index contributed by atoms with van der Waals surface area (Å²) in [5, 5.41) is 0.695. The van der Waals surface area contributed by atoms with Crippen LogP contribution in [0, 0.1) is 0 Å². The van der Waals surface area contributed by atoms with Crippen molar-refractivity contribution in [2.24, 2.45) is 0 Å². The van der Waals surface area contributed by atoms with Crippen LogP contribution in [0.3, 0.4) is 0 Å². The van der Waals surface area contributed by atoms with E-state index in [1.165, 1.54) is 10.4 Å². The Labute approximate surface area is 153 Å². The molecule has 0 radical (unpaired) electrons. The highest BCUT2D eigenvalue weighted by Crippen LogP contribution is 2.32. The van der Waals surface area contributed by atoms with Crippen molar-refractivity contribution in [3.8, 4) is 0 Å². The number of carbonyl (C=O) groups is 1. The lowest BCUT2D eigenvalue weighted by atomic mass is 10.2. The topological polar surface area (TPSA) is 103 Å². The molecule has 2 heterocycles. The summed E-state index contributed by atoms with van der Waals surface area (Å²) in [5.74, 6) is -0.192. The van der Waals surface area contributed by atoms with E-state index < -0.39 is 27.2 Å². The molecule has 1 saturated heterocycles. The molecule has 0 saturated carbocycles. The smallest absolute Gasteiger partial charge is 0.356 e. The third-order valence-corrected chi connectivity index (χ3v) is 7.42. The van der Waals surface area contributed by atoms with Crippen LogP contribution in [0.4, 0.5) is 0 Å². The highest BCUT2D eigenvalue weighted by molar-refractivity contribution is 7.92. The number of nitrogens with zero attached hydrogens (tertiary/aromatic N) is 1. The Bertz CT molecular complexity index is 904. The van der Waals surface area contributed by atoms with E-state index >= 15 is 0 Å². The first-order valence-electron chi connectivity index (χ1n) is 7.68. The molecule has 1 fully saturated rings. The highest BCUT2D eigenvalue weighted by Gasteiger charge is 2.36. The van der Waals surface area contributed by atoms with E-state index in [-0.39, 0.29) is 41.8 Å². The molecule has 0 aliphatic carbocycles. The van der Waals surface area contributed by atoms with Crippen molar-refractivity contribution in [1.82, 2.24) is 9.29 Å². The van der Waals surface area contributed by atoms with Gasteiger partial charge in [-0.25, -0.2) is 13.2 Å². The van der Waals surface area contributed by atoms with Gasteiger partial charge in [0.25, 0.3) is 0 Å². The Hall–Kier alpha value is -1.26. The minimum Gasteiger partial charge on any atom is -0.616 e. The third-order valence-electron chi connectivity index (χ3n) is 3.93. The predicted molar refractivity (Wildman–Crippen MR) is 95.9 cm³/mol. The summed E-state index contributed by atoms with van der Waals surface area (Å²) < 4.78 is 44.1. The van der Waals surface area contributed by atoms with Gasteiger partial charge >= 0.3 is 5.97 Å². The van der Waals surface area contributed by atoms with Gasteiger partial charge in [-0.3, -0.25) is 0 Å². The molecular formula is C15H17ClN2O5S2. The SMILES string of the molecule is CCOC(=O)c1[nH]c2ccc(Cl)cc2c1S(=O)(=O)N1CC[S+]([O-])CC1. The molecule has 136 valence electrons. The van der Waals surface area contributed by atoms with Crippen LogP contribution in [0.25, 0.3) is 10.9 Å². The monoisotopic (exact) mass is 404 g/mol. The number of fused-ring (bicyclic) bond motifs is 1. The summed E-state index contributed by atoms with van der Waals surface area (Å²) in [6.07, 6.45) is 0. The van der Waals surface area contributed by atoms with Crippen LogP contribution in [0.2, 0.25) is 5.02 Å². The van der Waals surface area contributed by atoms with Crippen LogP contribution < -0.4 is 0 Å². The zero-order chi connectivity index (χ0) is 18.2. The van der Waals surface area contributed by atoms with E-state index in [1.54, 1.807) is 19.1 Å². The number of ether oxygens (including phenoxy) is 1. The van der Waals surface area contributed by atoms with Crippen molar-refractivity contribution in [3.63, 3.8) is 0 Å². The molecule has 2 aromatic rings. The molecule has 7 nitrogen and oxygen atoms in total. The third kappa shape index (κ3) is 3.52. The first-order valence-corrected chi connectivity index (χ1v) is 11.0. The number of H-pyrrole nitrogens is 1. The molecule has 10 heteroatoms. The van der Waals surface area contributed by atoms with Crippen molar-refractivity contribution in [1.29, 1.82) is 0 Å². The minimum atomic E-state index is -3.97. The van der Waals surface area contributed by atoms with Gasteiger partial charge in [0.05, 0.1) is 19.7 Å². The average Bonchev–Trinajstić information content (AvgIpc) is 2.95. The lowest BCUT2D eigenvalue weighted by molar-refractivity contribution is 0.0516. The lowest BCUT2D eigenvalue weighted by Gasteiger charge is -2.27. The van der Waals surface area contributed by atoms with Gasteiger partial charge in [0.2, 0.25) is 10.0 Å². The molecule has 25 heavy (non-hydrogen) atoms. The fraction of sp³-hybridized carbons (Fsp3) is 0.400. The summed E-state index contributed by atoms with van der Waals surface area (Å²) in [4.78, 5) is 15.0. The maximum atomic E-state index is 13.2. The number of rotatable bonds is 4. The van der Waals surface area contributed by atoms with E-state index in [2.05, 4.69) is 4.98 Å². The molecule has 1 N–H and O–H groups in total. The Morgan fingerprint density at radius 1 is 1.40 bits per heavy atom. The van der Waals surface area contributed by atoms with E-state index in [0.29, 0.717) is 15.9 Å². The molecule has 1 aliphatic rings. The summed E-state index contributed by atoms with van der Waals surface area (Å²) in [7, 11) is -3.97. The molecule has 1 aliphatic heterocycles. The van der Waals surface area contributed by atoms with Crippen molar-refractivity contribution < 1.29 is 22.5 Å². The van der Waals surface area contributed by atoms with Crippen LogP contribution in [0.15, 0.2) is 23.1 Å². The number of benzene rings is 1. The second-order valence-corrected chi connectivity index (χ2v) is 9.50. The van der Waals surface area contributed by atoms with E-state index in [0.717, 1.165) is 0 Å². The van der Waals surface area contributed by atoms with Gasteiger partial charge < -0.3 is 14.3 Å². The molecule has 0 atom stereocenters. The van der Waals surface area contributed by atoms with Gasteiger partial charge in [-0.2, -0.15) is 4.31 Å².